The van der Waals surface area contributed by atoms with Crippen LogP contribution in [0.25, 0.3) is 5.69 Å². The molecule has 182 valence electrons. The van der Waals surface area contributed by atoms with Crippen molar-refractivity contribution in [2.75, 3.05) is 13.7 Å². The number of rotatable bonds is 6. The first kappa shape index (κ1) is 23.3. The zero-order valence-electron chi connectivity index (χ0n) is 20.8. The lowest BCUT2D eigenvalue weighted by Gasteiger charge is -2.30. The number of aromatic nitrogens is 2. The molecule has 0 spiro atoms. The number of Topliss-reactive ketones (excluding diaryl/α,β-unsaturated/α-hetero) is 1. The third-order valence-electron chi connectivity index (χ3n) is 7.25. The second-order valence-electron chi connectivity index (χ2n) is 10.5. The summed E-state index contributed by atoms with van der Waals surface area (Å²) < 4.78 is 7.25. The average molecular weight is 472 g/mol. The van der Waals surface area contributed by atoms with E-state index in [-0.39, 0.29) is 23.1 Å². The van der Waals surface area contributed by atoms with Gasteiger partial charge in [-0.1, -0.05) is 44.2 Å². The Hall–Kier alpha value is -3.41. The van der Waals surface area contributed by atoms with Gasteiger partial charge in [-0.2, -0.15) is 5.10 Å². The lowest BCUT2D eigenvalue weighted by Crippen LogP contribution is -2.33. The van der Waals surface area contributed by atoms with E-state index in [1.807, 2.05) is 52.0 Å². The van der Waals surface area contributed by atoms with Gasteiger partial charge in [0.05, 0.1) is 35.8 Å². The number of amides is 1. The zero-order valence-corrected chi connectivity index (χ0v) is 20.8. The highest BCUT2D eigenvalue weighted by atomic mass is 16.5. The van der Waals surface area contributed by atoms with Crippen molar-refractivity contribution in [2.45, 2.75) is 58.4 Å². The standard InChI is InChI=1S/C29H33N3O3/c1-29(2)18-24-27(25(33)19-29)28(30-32(24)21-12-14-22(35-3)15-13-21)23-10-7-17-31(23)26(34)16-11-20-8-5-4-6-9-20/h4-6,8-9,12-15,23H,7,10-11,16-19H2,1-3H3/t23-/m0/s1. The number of carbonyl (C=O) groups is 2. The highest BCUT2D eigenvalue weighted by molar-refractivity contribution is 6.00. The molecule has 35 heavy (non-hydrogen) atoms. The number of aryl methyl sites for hydroxylation is 1. The third-order valence-corrected chi connectivity index (χ3v) is 7.25. The number of nitrogens with zero attached hydrogens (tertiary/aromatic N) is 3. The highest BCUT2D eigenvalue weighted by Gasteiger charge is 2.41. The van der Waals surface area contributed by atoms with Crippen LogP contribution in [-0.4, -0.2) is 40.0 Å². The lowest BCUT2D eigenvalue weighted by molar-refractivity contribution is -0.132. The Morgan fingerprint density at radius 3 is 2.54 bits per heavy atom. The van der Waals surface area contributed by atoms with Crippen LogP contribution in [0.2, 0.25) is 0 Å². The van der Waals surface area contributed by atoms with Gasteiger partial charge in [-0.05, 0) is 60.9 Å². The second kappa shape index (κ2) is 9.33. The topological polar surface area (TPSA) is 64.4 Å². The molecule has 2 aliphatic rings. The molecule has 0 saturated carbocycles. The largest absolute Gasteiger partial charge is 0.497 e. The third kappa shape index (κ3) is 4.62. The molecule has 6 nitrogen and oxygen atoms in total. The molecule has 0 radical (unpaired) electrons. The molecule has 2 heterocycles. The maximum atomic E-state index is 13.4. The summed E-state index contributed by atoms with van der Waals surface area (Å²) in [7, 11) is 1.65. The second-order valence-corrected chi connectivity index (χ2v) is 10.5. The number of benzene rings is 2. The van der Waals surface area contributed by atoms with E-state index in [0.717, 1.165) is 53.2 Å². The predicted molar refractivity (Wildman–Crippen MR) is 135 cm³/mol. The van der Waals surface area contributed by atoms with Crippen LogP contribution in [0.15, 0.2) is 54.6 Å². The maximum Gasteiger partial charge on any atom is 0.223 e. The van der Waals surface area contributed by atoms with Crippen molar-refractivity contribution in [1.82, 2.24) is 14.7 Å². The van der Waals surface area contributed by atoms with Crippen LogP contribution < -0.4 is 4.74 Å². The number of fused-ring (bicyclic) bond motifs is 1. The number of ether oxygens (including phenoxy) is 1. The molecule has 1 saturated heterocycles. The molecule has 3 aromatic rings. The maximum absolute atomic E-state index is 13.4. The Morgan fingerprint density at radius 1 is 1.09 bits per heavy atom. The van der Waals surface area contributed by atoms with Gasteiger partial charge in [0.25, 0.3) is 0 Å². The zero-order chi connectivity index (χ0) is 24.6. The monoisotopic (exact) mass is 471 g/mol. The van der Waals surface area contributed by atoms with E-state index in [4.69, 9.17) is 9.84 Å². The lowest BCUT2D eigenvalue weighted by atomic mass is 9.75. The predicted octanol–water partition coefficient (Wildman–Crippen LogP) is 5.33. The molecule has 1 atom stereocenters. The summed E-state index contributed by atoms with van der Waals surface area (Å²) in [5.41, 5.74) is 4.38. The van der Waals surface area contributed by atoms with Crippen LogP contribution in [0.5, 0.6) is 5.75 Å². The van der Waals surface area contributed by atoms with Gasteiger partial charge in [0.2, 0.25) is 5.91 Å². The summed E-state index contributed by atoms with van der Waals surface area (Å²) in [6, 6.07) is 17.7. The molecule has 1 amide bonds. The number of hydrogen-bond acceptors (Lipinski definition) is 4. The quantitative estimate of drug-likeness (QED) is 0.487. The fourth-order valence-corrected chi connectivity index (χ4v) is 5.54. The molecule has 1 fully saturated rings. The van der Waals surface area contributed by atoms with Crippen molar-refractivity contribution in [3.05, 3.63) is 77.1 Å². The Morgan fingerprint density at radius 2 is 1.83 bits per heavy atom. The van der Waals surface area contributed by atoms with Crippen LogP contribution >= 0.6 is 0 Å². The van der Waals surface area contributed by atoms with E-state index in [1.165, 1.54) is 0 Å². The first-order valence-electron chi connectivity index (χ1n) is 12.5. The van der Waals surface area contributed by atoms with Gasteiger partial charge >= 0.3 is 0 Å². The van der Waals surface area contributed by atoms with Gasteiger partial charge in [0.1, 0.15) is 5.75 Å². The normalized spacial score (nSPS) is 19.0. The van der Waals surface area contributed by atoms with Gasteiger partial charge in [0, 0.05) is 19.4 Å². The van der Waals surface area contributed by atoms with Crippen molar-refractivity contribution in [3.8, 4) is 11.4 Å². The fourth-order valence-electron chi connectivity index (χ4n) is 5.54. The highest BCUT2D eigenvalue weighted by Crippen LogP contribution is 2.42. The first-order valence-corrected chi connectivity index (χ1v) is 12.5. The molecular weight excluding hydrogens is 438 g/mol. The van der Waals surface area contributed by atoms with Crippen LogP contribution in [0.3, 0.4) is 0 Å². The van der Waals surface area contributed by atoms with Crippen LogP contribution in [-0.2, 0) is 17.6 Å². The fraction of sp³-hybridized carbons (Fsp3) is 0.414. The van der Waals surface area contributed by atoms with E-state index in [9.17, 15) is 9.59 Å². The van der Waals surface area contributed by atoms with Gasteiger partial charge in [-0.25, -0.2) is 4.68 Å². The van der Waals surface area contributed by atoms with Crippen molar-refractivity contribution < 1.29 is 14.3 Å². The molecule has 0 bridgehead atoms. The van der Waals surface area contributed by atoms with E-state index in [0.29, 0.717) is 25.8 Å². The van der Waals surface area contributed by atoms with Crippen molar-refractivity contribution in [3.63, 3.8) is 0 Å². The van der Waals surface area contributed by atoms with Crippen LogP contribution in [0.4, 0.5) is 0 Å². The minimum atomic E-state index is -0.156. The summed E-state index contributed by atoms with van der Waals surface area (Å²) in [6.07, 6.45) is 4.19. The van der Waals surface area contributed by atoms with Gasteiger partial charge in [-0.3, -0.25) is 9.59 Å². The Bertz CT molecular complexity index is 1230. The summed E-state index contributed by atoms with van der Waals surface area (Å²) in [5, 5.41) is 5.03. The summed E-state index contributed by atoms with van der Waals surface area (Å²) in [5.74, 6) is 1.04. The molecule has 1 aliphatic heterocycles. The van der Waals surface area contributed by atoms with Gasteiger partial charge in [0.15, 0.2) is 5.78 Å². The van der Waals surface area contributed by atoms with E-state index < -0.39 is 0 Å². The Balaban J connectivity index is 1.49. The van der Waals surface area contributed by atoms with Crippen LogP contribution in [0, 0.1) is 5.41 Å². The molecule has 1 aliphatic carbocycles. The Kier molecular flexibility index (Phi) is 6.22. The van der Waals surface area contributed by atoms with Gasteiger partial charge in [-0.15, -0.1) is 0 Å². The molecule has 6 heteroatoms. The van der Waals surface area contributed by atoms with E-state index in [2.05, 4.69) is 26.0 Å². The Labute approximate surface area is 206 Å². The number of carbonyl (C=O) groups excluding carboxylic acids is 2. The smallest absolute Gasteiger partial charge is 0.223 e. The average Bonchev–Trinajstić information content (AvgIpc) is 3.47. The number of hydrogen-bond donors (Lipinski definition) is 0. The minimum absolute atomic E-state index is 0.132. The molecular formula is C29H33N3O3. The molecule has 5 rings (SSSR count). The van der Waals surface area contributed by atoms with Crippen molar-refractivity contribution in [1.29, 1.82) is 0 Å². The molecule has 2 aromatic carbocycles. The first-order chi connectivity index (χ1) is 16.9. The molecule has 0 N–H and O–H groups in total. The van der Waals surface area contributed by atoms with Crippen molar-refractivity contribution >= 4 is 11.7 Å². The summed E-state index contributed by atoms with van der Waals surface area (Å²) >= 11 is 0. The summed E-state index contributed by atoms with van der Waals surface area (Å²) in [4.78, 5) is 28.7. The van der Waals surface area contributed by atoms with Gasteiger partial charge < -0.3 is 9.64 Å². The number of likely N-dealkylation sites (tertiary alicyclic amines) is 1. The molecule has 1 aromatic heterocycles. The summed E-state index contributed by atoms with van der Waals surface area (Å²) in [6.45, 7) is 4.98. The van der Waals surface area contributed by atoms with Crippen molar-refractivity contribution in [2.24, 2.45) is 5.41 Å². The minimum Gasteiger partial charge on any atom is -0.497 e. The van der Waals surface area contributed by atoms with E-state index >= 15 is 0 Å². The van der Waals surface area contributed by atoms with Crippen LogP contribution in [0.1, 0.15) is 72.9 Å². The van der Waals surface area contributed by atoms with E-state index in [1.54, 1.807) is 7.11 Å². The SMILES string of the molecule is COc1ccc(-n2nc([C@@H]3CCCN3C(=O)CCc3ccccc3)c3c2CC(C)(C)CC3=O)cc1. The molecule has 0 unspecified atom stereocenters. The number of ketones is 1. The number of methoxy groups -OCH3 is 1.